The maximum absolute atomic E-state index is 11.1. The van der Waals surface area contributed by atoms with E-state index in [2.05, 4.69) is 17.5 Å². The monoisotopic (exact) mass is 360 g/mol. The molecule has 0 amide bonds. The molecule has 0 saturated carbocycles. The Kier molecular flexibility index (Phi) is 3.74. The number of rotatable bonds is 2. The topological polar surface area (TPSA) is 55.2 Å². The molecular formula is C18H14Cl2N2O2. The minimum Gasteiger partial charge on any atom is -0.376 e. The van der Waals surface area contributed by atoms with E-state index in [1.54, 1.807) is 18.2 Å². The first kappa shape index (κ1) is 15.5. The van der Waals surface area contributed by atoms with E-state index >= 15 is 0 Å². The molecule has 24 heavy (non-hydrogen) atoms. The second-order valence-corrected chi connectivity index (χ2v) is 7.02. The van der Waals surface area contributed by atoms with Crippen LogP contribution in [0.15, 0.2) is 48.6 Å². The zero-order valence-electron chi connectivity index (χ0n) is 12.6. The van der Waals surface area contributed by atoms with Crippen molar-refractivity contribution in [3.05, 3.63) is 79.8 Å². The van der Waals surface area contributed by atoms with E-state index in [0.717, 1.165) is 23.2 Å². The summed E-state index contributed by atoms with van der Waals surface area (Å²) >= 11 is 12.6. The average Bonchev–Trinajstić information content (AvgIpc) is 3.04. The predicted molar refractivity (Wildman–Crippen MR) is 95.9 cm³/mol. The lowest BCUT2D eigenvalue weighted by atomic mass is 9.77. The maximum Gasteiger partial charge on any atom is 0.269 e. The van der Waals surface area contributed by atoms with Crippen LogP contribution in [0.2, 0.25) is 10.0 Å². The zero-order valence-corrected chi connectivity index (χ0v) is 14.1. The van der Waals surface area contributed by atoms with Gasteiger partial charge >= 0.3 is 0 Å². The SMILES string of the molecule is O=[N+]([O-])c1cccc([C@H]2Nc3c(Cl)cc(Cl)cc3[C@H]3C=CC[C@H]32)c1. The Morgan fingerprint density at radius 2 is 2.04 bits per heavy atom. The van der Waals surface area contributed by atoms with Crippen molar-refractivity contribution < 1.29 is 4.92 Å². The predicted octanol–water partition coefficient (Wildman–Crippen LogP) is 5.73. The number of hydrogen-bond acceptors (Lipinski definition) is 3. The molecule has 0 radical (unpaired) electrons. The van der Waals surface area contributed by atoms with Crippen LogP contribution in [-0.4, -0.2) is 4.92 Å². The number of halogens is 2. The van der Waals surface area contributed by atoms with E-state index < -0.39 is 0 Å². The highest BCUT2D eigenvalue weighted by molar-refractivity contribution is 6.36. The Hall–Kier alpha value is -2.04. The number of benzene rings is 2. The van der Waals surface area contributed by atoms with Gasteiger partial charge < -0.3 is 5.32 Å². The summed E-state index contributed by atoms with van der Waals surface area (Å²) in [5.41, 5.74) is 2.96. The van der Waals surface area contributed by atoms with Crippen molar-refractivity contribution in [1.29, 1.82) is 0 Å². The van der Waals surface area contributed by atoms with E-state index in [1.807, 2.05) is 12.1 Å². The van der Waals surface area contributed by atoms with E-state index in [-0.39, 0.29) is 28.5 Å². The fraction of sp³-hybridized carbons (Fsp3) is 0.222. The average molecular weight is 361 g/mol. The maximum atomic E-state index is 11.1. The summed E-state index contributed by atoms with van der Waals surface area (Å²) in [6, 6.07) is 10.4. The Labute approximate surface area is 149 Å². The molecule has 4 nitrogen and oxygen atoms in total. The number of anilines is 1. The molecule has 2 aliphatic rings. The lowest BCUT2D eigenvalue weighted by molar-refractivity contribution is -0.384. The summed E-state index contributed by atoms with van der Waals surface area (Å²) in [5, 5.41) is 15.8. The molecule has 122 valence electrons. The zero-order chi connectivity index (χ0) is 16.8. The highest BCUT2D eigenvalue weighted by Gasteiger charge is 2.39. The molecule has 6 heteroatoms. The molecule has 2 aromatic carbocycles. The lowest BCUT2D eigenvalue weighted by Gasteiger charge is -2.38. The van der Waals surface area contributed by atoms with Crippen LogP contribution in [0.4, 0.5) is 11.4 Å². The molecule has 0 spiro atoms. The smallest absolute Gasteiger partial charge is 0.269 e. The van der Waals surface area contributed by atoms with Gasteiger partial charge in [0.2, 0.25) is 0 Å². The number of nitrogens with one attached hydrogen (secondary N) is 1. The van der Waals surface area contributed by atoms with Crippen LogP contribution in [-0.2, 0) is 0 Å². The molecule has 0 unspecified atom stereocenters. The van der Waals surface area contributed by atoms with Crippen LogP contribution in [0, 0.1) is 16.0 Å². The van der Waals surface area contributed by atoms with Crippen molar-refractivity contribution in [3.8, 4) is 0 Å². The number of hydrogen-bond donors (Lipinski definition) is 1. The quantitative estimate of drug-likeness (QED) is 0.422. The molecule has 1 aliphatic carbocycles. The number of nitrogens with zero attached hydrogens (tertiary/aromatic N) is 1. The van der Waals surface area contributed by atoms with Crippen LogP contribution in [0.3, 0.4) is 0 Å². The minimum atomic E-state index is -0.364. The van der Waals surface area contributed by atoms with Crippen molar-refractivity contribution in [2.75, 3.05) is 5.32 Å². The van der Waals surface area contributed by atoms with Crippen molar-refractivity contribution in [2.45, 2.75) is 18.4 Å². The van der Waals surface area contributed by atoms with Crippen LogP contribution in [0.5, 0.6) is 0 Å². The van der Waals surface area contributed by atoms with Crippen molar-refractivity contribution in [2.24, 2.45) is 5.92 Å². The molecule has 0 fully saturated rings. The van der Waals surface area contributed by atoms with Gasteiger partial charge in [-0.25, -0.2) is 0 Å². The first-order valence-corrected chi connectivity index (χ1v) is 8.46. The second-order valence-electron chi connectivity index (χ2n) is 6.18. The molecule has 0 saturated heterocycles. The largest absolute Gasteiger partial charge is 0.376 e. The summed E-state index contributed by atoms with van der Waals surface area (Å²) in [6.45, 7) is 0. The van der Waals surface area contributed by atoms with Crippen molar-refractivity contribution in [3.63, 3.8) is 0 Å². The van der Waals surface area contributed by atoms with E-state index in [9.17, 15) is 10.1 Å². The van der Waals surface area contributed by atoms with E-state index in [4.69, 9.17) is 23.2 Å². The highest BCUT2D eigenvalue weighted by atomic mass is 35.5. The molecule has 0 bridgehead atoms. The third-order valence-electron chi connectivity index (χ3n) is 4.83. The highest BCUT2D eigenvalue weighted by Crippen LogP contribution is 2.52. The number of nitro groups is 1. The number of allylic oxidation sites excluding steroid dienone is 2. The molecule has 1 aliphatic heterocycles. The van der Waals surface area contributed by atoms with Gasteiger partial charge in [-0.05, 0) is 35.6 Å². The van der Waals surface area contributed by atoms with E-state index in [1.165, 1.54) is 6.07 Å². The molecule has 1 heterocycles. The Bertz CT molecular complexity index is 866. The van der Waals surface area contributed by atoms with Crippen LogP contribution in [0.1, 0.15) is 29.5 Å². The Balaban J connectivity index is 1.81. The van der Waals surface area contributed by atoms with Gasteiger partial charge in [-0.15, -0.1) is 0 Å². The van der Waals surface area contributed by atoms with E-state index in [0.29, 0.717) is 10.0 Å². The van der Waals surface area contributed by atoms with Crippen LogP contribution in [0.25, 0.3) is 0 Å². The molecule has 0 aromatic heterocycles. The summed E-state index contributed by atoms with van der Waals surface area (Å²) in [5.74, 6) is 0.496. The van der Waals surface area contributed by atoms with Gasteiger partial charge in [-0.3, -0.25) is 10.1 Å². The first-order valence-electron chi connectivity index (χ1n) is 7.71. The minimum absolute atomic E-state index is 0.0314. The fourth-order valence-electron chi connectivity index (χ4n) is 3.78. The third kappa shape index (κ3) is 2.46. The van der Waals surface area contributed by atoms with Crippen LogP contribution >= 0.6 is 23.2 Å². The molecule has 4 rings (SSSR count). The number of nitro benzene ring substituents is 1. The van der Waals surface area contributed by atoms with Gasteiger partial charge in [0, 0.05) is 23.1 Å². The number of non-ortho nitro benzene ring substituents is 1. The standard InChI is InChI=1S/C18H14Cl2N2O2/c19-11-8-15-13-5-2-6-14(13)17(21-18(15)16(20)9-11)10-3-1-4-12(7-10)22(23)24/h1-5,7-9,13-14,17,21H,6H2/t13-,14+,17+/m0/s1. The Morgan fingerprint density at radius 1 is 1.21 bits per heavy atom. The van der Waals surface area contributed by atoms with Gasteiger partial charge in [0.05, 0.1) is 21.7 Å². The van der Waals surface area contributed by atoms with Gasteiger partial charge in [0.15, 0.2) is 0 Å². The van der Waals surface area contributed by atoms with Crippen molar-refractivity contribution in [1.82, 2.24) is 0 Å². The lowest BCUT2D eigenvalue weighted by Crippen LogP contribution is -2.29. The summed E-state index contributed by atoms with van der Waals surface area (Å²) in [6.07, 6.45) is 5.25. The fourth-order valence-corrected chi connectivity index (χ4v) is 4.35. The first-order chi connectivity index (χ1) is 11.5. The summed E-state index contributed by atoms with van der Waals surface area (Å²) < 4.78 is 0. The molecule has 3 atom stereocenters. The van der Waals surface area contributed by atoms with Gasteiger partial charge in [0.25, 0.3) is 5.69 Å². The van der Waals surface area contributed by atoms with Crippen molar-refractivity contribution >= 4 is 34.6 Å². The normalized spacial score (nSPS) is 24.2. The number of fused-ring (bicyclic) bond motifs is 3. The molecule has 1 N–H and O–H groups in total. The third-order valence-corrected chi connectivity index (χ3v) is 5.34. The Morgan fingerprint density at radius 3 is 2.83 bits per heavy atom. The van der Waals surface area contributed by atoms with Gasteiger partial charge in [0.1, 0.15) is 0 Å². The molecule has 2 aromatic rings. The second kappa shape index (κ2) is 5.80. The molecular weight excluding hydrogens is 347 g/mol. The summed E-state index contributed by atoms with van der Waals surface area (Å²) in [4.78, 5) is 10.7. The van der Waals surface area contributed by atoms with Crippen LogP contribution < -0.4 is 5.32 Å². The summed E-state index contributed by atoms with van der Waals surface area (Å²) in [7, 11) is 0. The van der Waals surface area contributed by atoms with Gasteiger partial charge in [-0.2, -0.15) is 0 Å². The van der Waals surface area contributed by atoms with Gasteiger partial charge in [-0.1, -0.05) is 47.5 Å².